The third-order valence-corrected chi connectivity index (χ3v) is 5.43. The summed E-state index contributed by atoms with van der Waals surface area (Å²) in [5.41, 5.74) is 8.64. The van der Waals surface area contributed by atoms with Gasteiger partial charge in [-0.3, -0.25) is 4.79 Å². The molecular formula is C15H18ClNO2. The average molecular weight is 280 g/mol. The summed E-state index contributed by atoms with van der Waals surface area (Å²) in [6, 6.07) is 5.58. The first-order valence-corrected chi connectivity index (χ1v) is 6.91. The summed E-state index contributed by atoms with van der Waals surface area (Å²) in [6.07, 6.45) is 2.91. The lowest BCUT2D eigenvalue weighted by molar-refractivity contribution is -0.181. The van der Waals surface area contributed by atoms with Crippen LogP contribution in [0.3, 0.4) is 0 Å². The molecule has 1 aromatic rings. The predicted molar refractivity (Wildman–Crippen MR) is 74.1 cm³/mol. The zero-order chi connectivity index (χ0) is 13.8. The van der Waals surface area contributed by atoms with Crippen molar-refractivity contribution in [2.75, 3.05) is 7.11 Å². The molecule has 0 spiro atoms. The molecule has 3 aliphatic rings. The molecule has 0 radical (unpaired) electrons. The molecule has 1 atom stereocenters. The van der Waals surface area contributed by atoms with E-state index in [0.717, 1.165) is 29.8 Å². The molecule has 0 aromatic heterocycles. The molecule has 0 saturated heterocycles. The highest BCUT2D eigenvalue weighted by Crippen LogP contribution is 2.75. The van der Waals surface area contributed by atoms with Gasteiger partial charge < -0.3 is 10.5 Å². The van der Waals surface area contributed by atoms with Crippen LogP contribution in [0.4, 0.5) is 0 Å². The van der Waals surface area contributed by atoms with Gasteiger partial charge in [-0.25, -0.2) is 0 Å². The van der Waals surface area contributed by atoms with Gasteiger partial charge >= 0.3 is 5.97 Å². The van der Waals surface area contributed by atoms with Gasteiger partial charge in [0, 0.05) is 5.02 Å². The molecule has 3 nitrogen and oxygen atoms in total. The number of benzene rings is 1. The molecule has 0 heterocycles. The van der Waals surface area contributed by atoms with Gasteiger partial charge in [0.2, 0.25) is 0 Å². The molecule has 102 valence electrons. The van der Waals surface area contributed by atoms with Crippen molar-refractivity contribution < 1.29 is 9.53 Å². The first-order valence-electron chi connectivity index (χ1n) is 6.53. The molecule has 4 rings (SSSR count). The first kappa shape index (κ1) is 12.9. The van der Waals surface area contributed by atoms with Gasteiger partial charge in [-0.05, 0) is 54.2 Å². The Labute approximate surface area is 118 Å². The van der Waals surface area contributed by atoms with E-state index in [1.807, 2.05) is 12.1 Å². The average Bonchev–Trinajstić information content (AvgIpc) is 2.30. The number of methoxy groups -OCH3 is 1. The van der Waals surface area contributed by atoms with E-state index in [1.165, 1.54) is 12.7 Å². The third kappa shape index (κ3) is 1.58. The molecule has 1 unspecified atom stereocenters. The fourth-order valence-electron chi connectivity index (χ4n) is 4.04. The summed E-state index contributed by atoms with van der Waals surface area (Å²) >= 11 is 6.19. The van der Waals surface area contributed by atoms with Crippen LogP contribution in [0.25, 0.3) is 0 Å². The number of hydrogen-bond donors (Lipinski definition) is 1. The highest BCUT2D eigenvalue weighted by atomic mass is 35.5. The van der Waals surface area contributed by atoms with E-state index in [-0.39, 0.29) is 16.8 Å². The second kappa shape index (κ2) is 3.97. The molecule has 0 aliphatic heterocycles. The van der Waals surface area contributed by atoms with Gasteiger partial charge in [0.25, 0.3) is 0 Å². The molecule has 0 amide bonds. The standard InChI is InChI=1S/C15H18ClNO2/c1-9-10(4-3-5-11(9)16)14-6-15(7-14,8-14)12(17)13(18)19-2/h3-5,12H,6-8,17H2,1-2H3. The van der Waals surface area contributed by atoms with Gasteiger partial charge in [-0.1, -0.05) is 23.7 Å². The summed E-state index contributed by atoms with van der Waals surface area (Å²) in [5, 5.41) is 0.813. The fraction of sp³-hybridized carbons (Fsp3) is 0.533. The topological polar surface area (TPSA) is 52.3 Å². The van der Waals surface area contributed by atoms with Crippen molar-refractivity contribution in [1.82, 2.24) is 0 Å². The summed E-state index contributed by atoms with van der Waals surface area (Å²) < 4.78 is 4.76. The van der Waals surface area contributed by atoms with Crippen molar-refractivity contribution in [3.05, 3.63) is 34.3 Å². The predicted octanol–water partition coefficient (Wildman–Crippen LogP) is 2.57. The number of hydrogen-bond acceptors (Lipinski definition) is 3. The number of esters is 1. The molecule has 4 heteroatoms. The van der Waals surface area contributed by atoms with Crippen LogP contribution in [0.5, 0.6) is 0 Å². The lowest BCUT2D eigenvalue weighted by atomic mass is 9.31. The number of halogens is 1. The van der Waals surface area contributed by atoms with Crippen molar-refractivity contribution in [2.45, 2.75) is 37.6 Å². The molecule has 2 N–H and O–H groups in total. The van der Waals surface area contributed by atoms with Crippen LogP contribution in [0.2, 0.25) is 5.02 Å². The summed E-state index contributed by atoms with van der Waals surface area (Å²) in [4.78, 5) is 11.6. The van der Waals surface area contributed by atoms with Crippen LogP contribution in [0.15, 0.2) is 18.2 Å². The SMILES string of the molecule is COC(=O)C(N)C12CC(c3cccc(Cl)c3C)(C1)C2. The van der Waals surface area contributed by atoms with Gasteiger partial charge in [0.1, 0.15) is 6.04 Å². The van der Waals surface area contributed by atoms with Crippen LogP contribution < -0.4 is 5.73 Å². The number of carbonyl (C=O) groups excluding carboxylic acids is 1. The quantitative estimate of drug-likeness (QED) is 0.865. The first-order chi connectivity index (χ1) is 8.94. The number of ether oxygens (including phenoxy) is 1. The van der Waals surface area contributed by atoms with Gasteiger partial charge in [-0.15, -0.1) is 0 Å². The van der Waals surface area contributed by atoms with Crippen molar-refractivity contribution >= 4 is 17.6 Å². The molecule has 3 fully saturated rings. The Kier molecular flexibility index (Phi) is 2.70. The summed E-state index contributed by atoms with van der Waals surface area (Å²) in [7, 11) is 1.39. The Hall–Kier alpha value is -1.06. The van der Waals surface area contributed by atoms with E-state index in [0.29, 0.717) is 0 Å². The monoisotopic (exact) mass is 279 g/mol. The van der Waals surface area contributed by atoms with Crippen molar-refractivity contribution in [3.63, 3.8) is 0 Å². The van der Waals surface area contributed by atoms with E-state index < -0.39 is 6.04 Å². The minimum atomic E-state index is -0.487. The van der Waals surface area contributed by atoms with E-state index in [1.54, 1.807) is 0 Å². The van der Waals surface area contributed by atoms with Crippen molar-refractivity contribution in [3.8, 4) is 0 Å². The van der Waals surface area contributed by atoms with E-state index in [9.17, 15) is 4.79 Å². The van der Waals surface area contributed by atoms with E-state index in [4.69, 9.17) is 22.1 Å². The lowest BCUT2D eigenvalue weighted by Crippen LogP contribution is -2.72. The zero-order valence-corrected chi connectivity index (χ0v) is 12.0. The highest BCUT2D eigenvalue weighted by Gasteiger charge is 2.71. The number of rotatable bonds is 3. The molecular weight excluding hydrogens is 262 g/mol. The van der Waals surface area contributed by atoms with Crippen LogP contribution in [0, 0.1) is 12.3 Å². The summed E-state index contributed by atoms with van der Waals surface area (Å²) in [5.74, 6) is -0.295. The zero-order valence-electron chi connectivity index (χ0n) is 11.2. The molecule has 2 bridgehead atoms. The smallest absolute Gasteiger partial charge is 0.323 e. The number of carbonyl (C=O) groups is 1. The molecule has 3 saturated carbocycles. The van der Waals surface area contributed by atoms with Crippen molar-refractivity contribution in [2.24, 2.45) is 11.1 Å². The highest BCUT2D eigenvalue weighted by molar-refractivity contribution is 6.31. The Morgan fingerprint density at radius 3 is 2.63 bits per heavy atom. The Morgan fingerprint density at radius 1 is 1.42 bits per heavy atom. The third-order valence-electron chi connectivity index (χ3n) is 5.03. The van der Waals surface area contributed by atoms with E-state index >= 15 is 0 Å². The largest absolute Gasteiger partial charge is 0.468 e. The van der Waals surface area contributed by atoms with Crippen LogP contribution >= 0.6 is 11.6 Å². The Morgan fingerprint density at radius 2 is 2.05 bits per heavy atom. The normalized spacial score (nSPS) is 33.1. The maximum atomic E-state index is 11.6. The minimum Gasteiger partial charge on any atom is -0.468 e. The Balaban J connectivity index is 1.80. The fourth-order valence-corrected chi connectivity index (χ4v) is 4.22. The molecule has 3 aliphatic carbocycles. The maximum absolute atomic E-state index is 11.6. The van der Waals surface area contributed by atoms with Crippen LogP contribution in [-0.4, -0.2) is 19.1 Å². The van der Waals surface area contributed by atoms with Crippen molar-refractivity contribution in [1.29, 1.82) is 0 Å². The molecule has 19 heavy (non-hydrogen) atoms. The van der Waals surface area contributed by atoms with Gasteiger partial charge in [0.15, 0.2) is 0 Å². The second-order valence-electron chi connectivity index (χ2n) is 6.09. The minimum absolute atomic E-state index is 0.0398. The summed E-state index contributed by atoms with van der Waals surface area (Å²) in [6.45, 7) is 2.06. The maximum Gasteiger partial charge on any atom is 0.323 e. The molecule has 1 aromatic carbocycles. The Bertz CT molecular complexity index is 535. The second-order valence-corrected chi connectivity index (χ2v) is 6.49. The lowest BCUT2D eigenvalue weighted by Gasteiger charge is -2.72. The van der Waals surface area contributed by atoms with Gasteiger partial charge in [0.05, 0.1) is 7.11 Å². The van der Waals surface area contributed by atoms with Crippen LogP contribution in [0.1, 0.15) is 30.4 Å². The number of nitrogens with two attached hydrogens (primary N) is 1. The van der Waals surface area contributed by atoms with E-state index in [2.05, 4.69) is 13.0 Å². The van der Waals surface area contributed by atoms with Crippen LogP contribution in [-0.2, 0) is 14.9 Å². The van der Waals surface area contributed by atoms with Gasteiger partial charge in [-0.2, -0.15) is 0 Å².